The molecular weight excluding hydrogens is 356 g/mol. The minimum atomic E-state index is -0.615. The maximum absolute atomic E-state index is 12.8. The number of anilines is 2. The third-order valence-corrected chi connectivity index (χ3v) is 4.68. The van der Waals surface area contributed by atoms with Crippen LogP contribution < -0.4 is 15.4 Å². The summed E-state index contributed by atoms with van der Waals surface area (Å²) in [7, 11) is 1.59. The Morgan fingerprint density at radius 3 is 2.54 bits per heavy atom. The molecule has 0 spiro atoms. The second-order valence-corrected chi connectivity index (χ2v) is 7.31. The lowest BCUT2D eigenvalue weighted by atomic mass is 10.2. The zero-order valence-corrected chi connectivity index (χ0v) is 16.7. The third kappa shape index (κ3) is 4.24. The monoisotopic (exact) mass is 382 g/mol. The van der Waals surface area contributed by atoms with E-state index in [0.29, 0.717) is 35.4 Å². The van der Waals surface area contributed by atoms with E-state index in [2.05, 4.69) is 29.5 Å². The van der Waals surface area contributed by atoms with Crippen molar-refractivity contribution in [2.45, 2.75) is 33.4 Å². The van der Waals surface area contributed by atoms with E-state index >= 15 is 0 Å². The zero-order chi connectivity index (χ0) is 20.3. The fourth-order valence-electron chi connectivity index (χ4n) is 2.97. The maximum Gasteiger partial charge on any atom is 0.273 e. The minimum absolute atomic E-state index is 0.222. The number of benzene rings is 1. The number of ether oxygens (including phenoxy) is 1. The highest BCUT2D eigenvalue weighted by molar-refractivity contribution is 6.02. The number of carbonyl (C=O) groups is 2. The van der Waals surface area contributed by atoms with Crippen LogP contribution in [0.4, 0.5) is 11.5 Å². The topological polar surface area (TPSA) is 83.6 Å². The van der Waals surface area contributed by atoms with E-state index in [4.69, 9.17) is 4.74 Å². The molecule has 2 aromatic rings. The lowest BCUT2D eigenvalue weighted by molar-refractivity contribution is -0.120. The number of hydrogen-bond acceptors (Lipinski definition) is 5. The molecule has 7 heteroatoms. The Morgan fingerprint density at radius 1 is 1.18 bits per heavy atom. The number of amides is 2. The van der Waals surface area contributed by atoms with Gasteiger partial charge in [0.05, 0.1) is 7.11 Å². The van der Waals surface area contributed by atoms with Crippen molar-refractivity contribution in [3.05, 3.63) is 47.7 Å². The van der Waals surface area contributed by atoms with Crippen molar-refractivity contribution >= 4 is 23.3 Å². The van der Waals surface area contributed by atoms with Gasteiger partial charge in [-0.2, -0.15) is 0 Å². The van der Waals surface area contributed by atoms with E-state index < -0.39 is 6.04 Å². The van der Waals surface area contributed by atoms with E-state index in [1.807, 2.05) is 12.1 Å². The number of pyridine rings is 1. The molecule has 1 aliphatic rings. The van der Waals surface area contributed by atoms with Gasteiger partial charge in [-0.05, 0) is 43.2 Å². The summed E-state index contributed by atoms with van der Waals surface area (Å²) in [5.41, 5.74) is 1.90. The predicted octanol–water partition coefficient (Wildman–Crippen LogP) is 3.14. The molecule has 2 amide bonds. The van der Waals surface area contributed by atoms with Crippen molar-refractivity contribution in [1.82, 2.24) is 9.88 Å². The van der Waals surface area contributed by atoms with Crippen LogP contribution >= 0.6 is 0 Å². The Labute approximate surface area is 165 Å². The summed E-state index contributed by atoms with van der Waals surface area (Å²) in [5.74, 6) is 1.40. The van der Waals surface area contributed by atoms with Crippen LogP contribution in [0, 0.1) is 5.92 Å². The van der Waals surface area contributed by atoms with Crippen LogP contribution in [0.15, 0.2) is 36.4 Å². The van der Waals surface area contributed by atoms with Gasteiger partial charge in [-0.25, -0.2) is 4.98 Å². The van der Waals surface area contributed by atoms with E-state index in [1.165, 1.54) is 0 Å². The fraction of sp³-hybridized carbons (Fsp3) is 0.381. The molecule has 1 aliphatic heterocycles. The van der Waals surface area contributed by atoms with Crippen LogP contribution in [-0.2, 0) is 11.3 Å². The van der Waals surface area contributed by atoms with Crippen LogP contribution in [0.5, 0.6) is 5.75 Å². The molecule has 0 aliphatic carbocycles. The lowest BCUT2D eigenvalue weighted by Crippen LogP contribution is -2.42. The Balaban J connectivity index is 1.67. The largest absolute Gasteiger partial charge is 0.497 e. The summed E-state index contributed by atoms with van der Waals surface area (Å²) >= 11 is 0. The zero-order valence-electron chi connectivity index (χ0n) is 16.7. The average molecular weight is 382 g/mol. The first-order valence-corrected chi connectivity index (χ1v) is 9.38. The highest BCUT2D eigenvalue weighted by atomic mass is 16.5. The summed E-state index contributed by atoms with van der Waals surface area (Å²) in [6.07, 6.45) is 0. The highest BCUT2D eigenvalue weighted by Gasteiger charge is 2.35. The number of hydrogen-bond donors (Lipinski definition) is 2. The van der Waals surface area contributed by atoms with E-state index in [1.54, 1.807) is 43.2 Å². The fourth-order valence-corrected chi connectivity index (χ4v) is 2.97. The first kappa shape index (κ1) is 19.7. The molecule has 3 rings (SSSR count). The molecule has 0 unspecified atom stereocenters. The van der Waals surface area contributed by atoms with Gasteiger partial charge in [0.1, 0.15) is 23.3 Å². The number of carbonyl (C=O) groups excluding carboxylic acids is 2. The molecule has 28 heavy (non-hydrogen) atoms. The predicted molar refractivity (Wildman–Crippen MR) is 109 cm³/mol. The maximum atomic E-state index is 12.8. The first-order valence-electron chi connectivity index (χ1n) is 9.38. The van der Waals surface area contributed by atoms with Gasteiger partial charge >= 0.3 is 0 Å². The summed E-state index contributed by atoms with van der Waals surface area (Å²) in [4.78, 5) is 31.4. The van der Waals surface area contributed by atoms with Crippen molar-refractivity contribution < 1.29 is 14.3 Å². The van der Waals surface area contributed by atoms with Crippen molar-refractivity contribution in [3.8, 4) is 5.75 Å². The third-order valence-electron chi connectivity index (χ3n) is 4.68. The second-order valence-electron chi connectivity index (χ2n) is 7.31. The Hall–Kier alpha value is -3.09. The quantitative estimate of drug-likeness (QED) is 0.769. The number of rotatable bonds is 7. The molecule has 0 bridgehead atoms. The van der Waals surface area contributed by atoms with Gasteiger partial charge in [0.25, 0.3) is 5.91 Å². The van der Waals surface area contributed by atoms with Crippen LogP contribution in [-0.4, -0.2) is 41.4 Å². The molecule has 0 fully saturated rings. The van der Waals surface area contributed by atoms with Gasteiger partial charge < -0.3 is 20.3 Å². The molecule has 7 nitrogen and oxygen atoms in total. The van der Waals surface area contributed by atoms with Crippen LogP contribution in [0.2, 0.25) is 0 Å². The molecule has 1 aromatic carbocycles. The minimum Gasteiger partial charge on any atom is -0.497 e. The molecule has 148 valence electrons. The van der Waals surface area contributed by atoms with Crippen molar-refractivity contribution in [2.75, 3.05) is 24.3 Å². The van der Waals surface area contributed by atoms with Gasteiger partial charge in [-0.1, -0.05) is 19.9 Å². The smallest absolute Gasteiger partial charge is 0.273 e. The van der Waals surface area contributed by atoms with Gasteiger partial charge in [-0.3, -0.25) is 9.59 Å². The average Bonchev–Trinajstić information content (AvgIpc) is 3.02. The van der Waals surface area contributed by atoms with Crippen molar-refractivity contribution in [3.63, 3.8) is 0 Å². The van der Waals surface area contributed by atoms with E-state index in [9.17, 15) is 9.59 Å². The number of methoxy groups -OCH3 is 1. The standard InChI is InChI=1S/C21H26N4O3/c1-13(2)11-22-18-10-5-15-12-25(21(27)19(15)24-18)14(3)20(26)23-16-6-8-17(28-4)9-7-16/h5-10,13-14H,11-12H2,1-4H3,(H,22,24)(H,23,26)/t14-/m1/s1. The van der Waals surface area contributed by atoms with Gasteiger partial charge in [-0.15, -0.1) is 0 Å². The number of aromatic nitrogens is 1. The number of nitrogens with one attached hydrogen (secondary N) is 2. The van der Waals surface area contributed by atoms with Gasteiger partial charge in [0.15, 0.2) is 0 Å². The van der Waals surface area contributed by atoms with Crippen molar-refractivity contribution in [1.29, 1.82) is 0 Å². The summed E-state index contributed by atoms with van der Waals surface area (Å²) in [6.45, 7) is 7.10. The molecule has 2 heterocycles. The first-order chi connectivity index (χ1) is 13.4. The lowest BCUT2D eigenvalue weighted by Gasteiger charge is -2.23. The Bertz CT molecular complexity index is 864. The Kier molecular flexibility index (Phi) is 5.82. The molecule has 0 saturated heterocycles. The Morgan fingerprint density at radius 2 is 1.89 bits per heavy atom. The highest BCUT2D eigenvalue weighted by Crippen LogP contribution is 2.25. The van der Waals surface area contributed by atoms with Gasteiger partial charge in [0.2, 0.25) is 5.91 Å². The van der Waals surface area contributed by atoms with Crippen LogP contribution in [0.25, 0.3) is 0 Å². The summed E-state index contributed by atoms with van der Waals surface area (Å²) in [5, 5.41) is 6.07. The summed E-state index contributed by atoms with van der Waals surface area (Å²) < 4.78 is 5.12. The van der Waals surface area contributed by atoms with E-state index in [0.717, 1.165) is 12.1 Å². The molecule has 0 radical (unpaired) electrons. The molecular formula is C21H26N4O3. The normalized spacial score (nSPS) is 14.0. The molecule has 0 saturated carbocycles. The molecule has 1 atom stereocenters. The summed E-state index contributed by atoms with van der Waals surface area (Å²) in [6, 6.07) is 10.2. The van der Waals surface area contributed by atoms with Crippen LogP contribution in [0.3, 0.4) is 0 Å². The number of fused-ring (bicyclic) bond motifs is 1. The molecule has 2 N–H and O–H groups in total. The second kappa shape index (κ2) is 8.29. The number of nitrogens with zero attached hydrogens (tertiary/aromatic N) is 2. The SMILES string of the molecule is COc1ccc(NC(=O)[C@@H](C)N2Cc3ccc(NCC(C)C)nc3C2=O)cc1. The van der Waals surface area contributed by atoms with Crippen molar-refractivity contribution in [2.24, 2.45) is 5.92 Å². The molecule has 1 aromatic heterocycles. The van der Waals surface area contributed by atoms with Crippen LogP contribution in [0.1, 0.15) is 36.8 Å². The van der Waals surface area contributed by atoms with E-state index in [-0.39, 0.29) is 11.8 Å². The van der Waals surface area contributed by atoms with Gasteiger partial charge in [0, 0.05) is 24.3 Å².